The fourth-order valence-corrected chi connectivity index (χ4v) is 5.04. The second-order valence-electron chi connectivity index (χ2n) is 9.48. The van der Waals surface area contributed by atoms with Crippen LogP contribution in [0.15, 0.2) is 72.8 Å². The van der Waals surface area contributed by atoms with Crippen molar-refractivity contribution in [2.45, 2.75) is 25.7 Å². The van der Waals surface area contributed by atoms with Crippen LogP contribution in [0.1, 0.15) is 44.7 Å². The van der Waals surface area contributed by atoms with Gasteiger partial charge >= 0.3 is 66.9 Å². The van der Waals surface area contributed by atoms with Gasteiger partial charge in [-0.05, 0) is 48.2 Å². The van der Waals surface area contributed by atoms with E-state index >= 15 is 0 Å². The molecular formula is C30H26ClNa2O12P. The van der Waals surface area contributed by atoms with Crippen LogP contribution in [0.5, 0.6) is 46.0 Å². The standard InChI is InChI=1S/C30H27O12P.ClH.2Na/c31-19-13-25(35)29(26(36)14-19)23(33)11-5-17-1-7-21(8-2-17)41-43(39,40)42-22-9-3-18(4-10-22)6-12-24(34)30-27(37)15-20(32)16-28(30)38;;;/h1-4,7-10,13-16,31-32,35-38H,5-6,11-12H2,(H,39,40);1H;;/q;;2*+1/p-2. The third-order valence-electron chi connectivity index (χ3n) is 6.28. The molecule has 4 aromatic carbocycles. The van der Waals surface area contributed by atoms with E-state index in [-0.39, 0.29) is 131 Å². The minimum atomic E-state index is -4.85. The average molecular weight is 691 g/mol. The zero-order chi connectivity index (χ0) is 31.3. The van der Waals surface area contributed by atoms with Crippen LogP contribution in [0.3, 0.4) is 0 Å². The number of hydrogen-bond acceptors (Lipinski definition) is 12. The normalized spacial score (nSPS) is 10.5. The van der Waals surface area contributed by atoms with E-state index in [2.05, 4.69) is 0 Å². The minimum absolute atomic E-state index is 0. The van der Waals surface area contributed by atoms with Crippen molar-refractivity contribution in [2.75, 3.05) is 0 Å². The number of phenolic OH excluding ortho intramolecular Hbond substituents is 6. The maximum atomic E-state index is 12.4. The van der Waals surface area contributed by atoms with Gasteiger partial charge in [-0.3, -0.25) is 9.59 Å². The van der Waals surface area contributed by atoms with Crippen LogP contribution in [0.25, 0.3) is 0 Å². The van der Waals surface area contributed by atoms with Crippen LogP contribution in [0.2, 0.25) is 0 Å². The van der Waals surface area contributed by atoms with Crippen molar-refractivity contribution in [1.82, 2.24) is 0 Å². The summed E-state index contributed by atoms with van der Waals surface area (Å²) in [5.74, 6) is -4.16. The molecule has 232 valence electrons. The number of carbonyl (C=O) groups is 2. The summed E-state index contributed by atoms with van der Waals surface area (Å²) >= 11 is 0. The first-order valence-electron chi connectivity index (χ1n) is 12.8. The number of aromatic hydroxyl groups is 6. The second-order valence-corrected chi connectivity index (χ2v) is 10.7. The molecule has 0 unspecified atom stereocenters. The van der Waals surface area contributed by atoms with E-state index < -0.39 is 42.4 Å². The zero-order valence-electron chi connectivity index (χ0n) is 24.7. The van der Waals surface area contributed by atoms with E-state index in [1.165, 1.54) is 48.5 Å². The number of carbonyl (C=O) groups excluding carboxylic acids is 2. The average Bonchev–Trinajstić information content (AvgIpc) is 2.91. The number of phenols is 6. The minimum Gasteiger partial charge on any atom is -1.00 e. The van der Waals surface area contributed by atoms with Crippen molar-refractivity contribution >= 4 is 19.4 Å². The van der Waals surface area contributed by atoms with Crippen LogP contribution in [0.4, 0.5) is 0 Å². The van der Waals surface area contributed by atoms with Gasteiger partial charge in [0.1, 0.15) is 57.1 Å². The molecule has 4 rings (SSSR count). The van der Waals surface area contributed by atoms with Crippen LogP contribution >= 0.6 is 7.82 Å². The molecular weight excluding hydrogens is 665 g/mol. The van der Waals surface area contributed by atoms with Crippen LogP contribution in [0, 0.1) is 0 Å². The fourth-order valence-electron chi connectivity index (χ4n) is 4.24. The number of Topliss-reactive ketones (excluding diaryl/α,β-unsaturated/α-hetero) is 2. The summed E-state index contributed by atoms with van der Waals surface area (Å²) in [6, 6.07) is 15.4. The van der Waals surface area contributed by atoms with Gasteiger partial charge in [-0.15, -0.1) is 0 Å². The van der Waals surface area contributed by atoms with Gasteiger partial charge in [0.25, 0.3) is 0 Å². The summed E-state index contributed by atoms with van der Waals surface area (Å²) in [5, 5.41) is 58.2. The number of phosphoric ester groups is 1. The van der Waals surface area contributed by atoms with E-state index in [4.69, 9.17) is 9.05 Å². The molecule has 0 aliphatic carbocycles. The van der Waals surface area contributed by atoms with Gasteiger partial charge in [0.2, 0.25) is 0 Å². The fraction of sp³-hybridized carbons (Fsp3) is 0.133. The Labute approximate surface area is 313 Å². The quantitative estimate of drug-likeness (QED) is 0.0472. The molecule has 0 aliphatic rings. The van der Waals surface area contributed by atoms with Crippen molar-refractivity contribution in [3.8, 4) is 46.0 Å². The van der Waals surface area contributed by atoms with Gasteiger partial charge in [0.15, 0.2) is 11.6 Å². The Balaban J connectivity index is 0.00000353. The Morgan fingerprint density at radius 3 is 1.15 bits per heavy atom. The number of hydrogen-bond donors (Lipinski definition) is 6. The molecule has 0 bridgehead atoms. The molecule has 12 nitrogen and oxygen atoms in total. The Morgan fingerprint density at radius 2 is 0.870 bits per heavy atom. The summed E-state index contributed by atoms with van der Waals surface area (Å²) < 4.78 is 22.4. The molecule has 0 radical (unpaired) electrons. The molecule has 16 heteroatoms. The Hall–Kier alpha value is -2.90. The van der Waals surface area contributed by atoms with Crippen molar-refractivity contribution in [2.24, 2.45) is 0 Å². The number of benzene rings is 4. The number of ketones is 2. The monoisotopic (exact) mass is 690 g/mol. The van der Waals surface area contributed by atoms with Crippen molar-refractivity contribution in [1.29, 1.82) is 0 Å². The predicted molar refractivity (Wildman–Crippen MR) is 150 cm³/mol. The van der Waals surface area contributed by atoms with Crippen LogP contribution in [-0.4, -0.2) is 42.2 Å². The Morgan fingerprint density at radius 1 is 0.587 bits per heavy atom. The molecule has 0 saturated heterocycles. The molecule has 0 fully saturated rings. The van der Waals surface area contributed by atoms with E-state index in [9.17, 15) is 49.7 Å². The molecule has 0 aliphatic heterocycles. The van der Waals surface area contributed by atoms with Gasteiger partial charge in [-0.1, -0.05) is 24.3 Å². The van der Waals surface area contributed by atoms with E-state index in [0.29, 0.717) is 11.1 Å². The van der Waals surface area contributed by atoms with Crippen LogP contribution < -0.4 is 85.5 Å². The molecule has 0 heterocycles. The maximum absolute atomic E-state index is 12.4. The predicted octanol–water partition coefficient (Wildman–Crippen LogP) is -4.51. The summed E-state index contributed by atoms with van der Waals surface area (Å²) in [4.78, 5) is 37.3. The number of halogens is 1. The molecule has 46 heavy (non-hydrogen) atoms. The van der Waals surface area contributed by atoms with Crippen molar-refractivity contribution < 1.29 is 130 Å². The molecule has 0 amide bonds. The topological polar surface area (TPSA) is 214 Å². The van der Waals surface area contributed by atoms with Crippen molar-refractivity contribution in [3.05, 3.63) is 95.1 Å². The molecule has 6 N–H and O–H groups in total. The molecule has 0 saturated carbocycles. The largest absolute Gasteiger partial charge is 1.00 e. The van der Waals surface area contributed by atoms with E-state index in [1.54, 1.807) is 0 Å². The number of rotatable bonds is 12. The van der Waals surface area contributed by atoms with Gasteiger partial charge in [0, 0.05) is 37.1 Å². The summed E-state index contributed by atoms with van der Waals surface area (Å²) in [5.41, 5.74) is 0.673. The summed E-state index contributed by atoms with van der Waals surface area (Å²) in [6.07, 6.45) is 0.252. The first kappa shape index (κ1) is 41.1. The number of aryl methyl sites for hydroxylation is 2. The smallest absolute Gasteiger partial charge is 1.00 e. The maximum Gasteiger partial charge on any atom is 1.00 e. The zero-order valence-corrected chi connectivity index (χ0v) is 30.4. The number of phosphoric acid groups is 1. The summed E-state index contributed by atoms with van der Waals surface area (Å²) in [6.45, 7) is 0. The molecule has 0 atom stereocenters. The molecule has 4 aromatic rings. The van der Waals surface area contributed by atoms with Crippen molar-refractivity contribution in [3.63, 3.8) is 0 Å². The third kappa shape index (κ3) is 11.1. The van der Waals surface area contributed by atoms with Crippen LogP contribution in [-0.2, 0) is 17.4 Å². The first-order valence-corrected chi connectivity index (χ1v) is 14.2. The Bertz CT molecular complexity index is 1550. The second kappa shape index (κ2) is 17.9. The third-order valence-corrected chi connectivity index (χ3v) is 7.15. The Kier molecular flexibility index (Phi) is 16.0. The van der Waals surface area contributed by atoms with E-state index in [0.717, 1.165) is 24.3 Å². The van der Waals surface area contributed by atoms with Gasteiger partial charge < -0.3 is 57.0 Å². The first-order chi connectivity index (χ1) is 20.3. The summed E-state index contributed by atoms with van der Waals surface area (Å²) in [7, 11) is -4.85. The van der Waals surface area contributed by atoms with Gasteiger partial charge in [-0.2, -0.15) is 0 Å². The van der Waals surface area contributed by atoms with Gasteiger partial charge in [0.05, 0.1) is 0 Å². The van der Waals surface area contributed by atoms with E-state index in [1.807, 2.05) is 0 Å². The molecule has 0 spiro atoms. The SMILES string of the molecule is O=C(CCc1ccc(OP(=O)([O-])Oc2ccc(CCC(=O)c3c(O)cc(O)cc3O)cc2)cc1)c1c(O)cc(O)cc1O.[Cl-].[Na+].[Na+]. The van der Waals surface area contributed by atoms with Gasteiger partial charge in [-0.25, -0.2) is 4.57 Å². The molecule has 0 aromatic heterocycles.